The zero-order chi connectivity index (χ0) is 17.7. The van der Waals surface area contributed by atoms with Gasteiger partial charge in [-0.3, -0.25) is 9.36 Å². The van der Waals surface area contributed by atoms with Crippen LogP contribution < -0.4 is 14.8 Å². The van der Waals surface area contributed by atoms with Crippen LogP contribution in [-0.2, 0) is 23.1 Å². The molecule has 0 aromatic carbocycles. The second kappa shape index (κ2) is 7.62. The van der Waals surface area contributed by atoms with E-state index in [1.54, 1.807) is 13.0 Å². The number of nitrogens with zero attached hydrogens (tertiary/aromatic N) is 3. The predicted molar refractivity (Wildman–Crippen MR) is 92.7 cm³/mol. The Labute approximate surface area is 142 Å². The maximum atomic E-state index is 12.6. The summed E-state index contributed by atoms with van der Waals surface area (Å²) in [4.78, 5) is 24.6. The minimum absolute atomic E-state index is 0.00801. The lowest BCUT2D eigenvalue weighted by Gasteiger charge is -2.00. The monoisotopic (exact) mass is 343 g/mol. The van der Waals surface area contributed by atoms with E-state index in [0.717, 1.165) is 17.0 Å². The number of nitriles is 1. The molecule has 0 fully saturated rings. The molecule has 0 aliphatic carbocycles. The van der Waals surface area contributed by atoms with Crippen LogP contribution in [0.5, 0.6) is 0 Å². The van der Waals surface area contributed by atoms with Crippen molar-refractivity contribution in [2.24, 2.45) is 7.05 Å². The van der Waals surface area contributed by atoms with Gasteiger partial charge in [0.15, 0.2) is 5.57 Å². The number of aromatic nitrogens is 2. The molecule has 0 unspecified atom stereocenters. The average Bonchev–Trinajstić information content (AvgIpc) is 3.10. The molecule has 2 rings (SSSR count). The van der Waals surface area contributed by atoms with Crippen molar-refractivity contribution >= 4 is 29.0 Å². The second-order valence-corrected chi connectivity index (χ2v) is 5.91. The number of ether oxygens (including phenoxy) is 1. The van der Waals surface area contributed by atoms with E-state index in [4.69, 9.17) is 4.74 Å². The van der Waals surface area contributed by atoms with Crippen molar-refractivity contribution in [2.75, 3.05) is 6.61 Å². The van der Waals surface area contributed by atoms with Crippen molar-refractivity contribution in [3.05, 3.63) is 56.2 Å². The summed E-state index contributed by atoms with van der Waals surface area (Å²) in [6.45, 7) is 5.61. The van der Waals surface area contributed by atoms with Crippen LogP contribution in [0.4, 0.5) is 0 Å². The third kappa shape index (κ3) is 3.39. The zero-order valence-corrected chi connectivity index (χ0v) is 14.3. The van der Waals surface area contributed by atoms with Crippen LogP contribution in [0.3, 0.4) is 0 Å². The van der Waals surface area contributed by atoms with Crippen molar-refractivity contribution < 1.29 is 9.53 Å². The molecule has 6 nitrogen and oxygen atoms in total. The van der Waals surface area contributed by atoms with E-state index < -0.39 is 5.97 Å². The van der Waals surface area contributed by atoms with Crippen molar-refractivity contribution in [3.8, 4) is 6.07 Å². The van der Waals surface area contributed by atoms with Gasteiger partial charge in [-0.2, -0.15) is 5.26 Å². The van der Waals surface area contributed by atoms with Gasteiger partial charge in [0.1, 0.15) is 17.3 Å². The normalized spacial score (nSPS) is 12.6. The Hall–Kier alpha value is -2.85. The predicted octanol–water partition coefficient (Wildman–Crippen LogP) is 0.500. The number of carbonyl (C=O) groups excluding carboxylic acids is 1. The quantitative estimate of drug-likeness (QED) is 0.585. The van der Waals surface area contributed by atoms with Gasteiger partial charge in [0, 0.05) is 25.5 Å². The minimum atomic E-state index is -0.758. The molecule has 0 aliphatic rings. The third-order valence-corrected chi connectivity index (χ3v) is 4.48. The molecule has 0 saturated heterocycles. The number of hydrogen-bond donors (Lipinski definition) is 0. The fraction of sp³-hybridized carbons (Fsp3) is 0.235. The molecule has 0 saturated carbocycles. The highest BCUT2D eigenvalue weighted by atomic mass is 32.1. The summed E-state index contributed by atoms with van der Waals surface area (Å²) >= 11 is 1.11. The van der Waals surface area contributed by atoms with Gasteiger partial charge < -0.3 is 9.30 Å². The molecule has 2 aromatic heterocycles. The highest BCUT2D eigenvalue weighted by molar-refractivity contribution is 7.07. The van der Waals surface area contributed by atoms with Gasteiger partial charge in [0.05, 0.1) is 4.53 Å². The van der Waals surface area contributed by atoms with Crippen LogP contribution in [0.25, 0.3) is 11.6 Å². The summed E-state index contributed by atoms with van der Waals surface area (Å²) in [5, 5.41) is 9.33. The molecule has 2 aromatic rings. The average molecular weight is 343 g/mol. The Morgan fingerprint density at radius 1 is 1.54 bits per heavy atom. The molecule has 24 heavy (non-hydrogen) atoms. The SMILES string of the molecule is C=CCOC(=O)/C(C#N)=c1\sc(=Cc2cccn2C)c(=O)n1CC. The van der Waals surface area contributed by atoms with Gasteiger partial charge in [-0.25, -0.2) is 4.79 Å². The number of hydrogen-bond acceptors (Lipinski definition) is 5. The lowest BCUT2D eigenvalue weighted by Crippen LogP contribution is -2.32. The molecular formula is C17H17N3O3S. The van der Waals surface area contributed by atoms with Crippen LogP contribution >= 0.6 is 11.3 Å². The standard InChI is InChI=1S/C17H17N3O3S/c1-4-9-23-17(22)13(11-18)16-20(5-2)15(21)14(24-16)10-12-7-6-8-19(12)3/h4,6-8,10H,1,5,9H2,2-3H3/b14-10?,16-13-. The first-order valence-corrected chi connectivity index (χ1v) is 8.10. The maximum absolute atomic E-state index is 12.6. The molecule has 0 aliphatic heterocycles. The fourth-order valence-electron chi connectivity index (χ4n) is 2.14. The summed E-state index contributed by atoms with van der Waals surface area (Å²) in [6.07, 6.45) is 5.04. The van der Waals surface area contributed by atoms with Crippen molar-refractivity contribution in [1.82, 2.24) is 9.13 Å². The van der Waals surface area contributed by atoms with Crippen LogP contribution in [0.2, 0.25) is 0 Å². The Balaban J connectivity index is 2.72. The highest BCUT2D eigenvalue weighted by Gasteiger charge is 2.16. The summed E-state index contributed by atoms with van der Waals surface area (Å²) in [5.74, 6) is -0.758. The van der Waals surface area contributed by atoms with Gasteiger partial charge in [0.2, 0.25) is 0 Å². The van der Waals surface area contributed by atoms with E-state index in [1.807, 2.05) is 36.0 Å². The highest BCUT2D eigenvalue weighted by Crippen LogP contribution is 2.01. The largest absolute Gasteiger partial charge is 0.457 e. The van der Waals surface area contributed by atoms with Gasteiger partial charge in [-0.05, 0) is 25.1 Å². The topological polar surface area (TPSA) is 77.0 Å². The number of carbonyl (C=O) groups is 1. The van der Waals surface area contributed by atoms with E-state index in [1.165, 1.54) is 10.6 Å². The number of esters is 1. The number of aryl methyl sites for hydroxylation is 1. The molecule has 7 heteroatoms. The molecular weight excluding hydrogens is 326 g/mol. The van der Waals surface area contributed by atoms with Gasteiger partial charge in [-0.1, -0.05) is 12.7 Å². The molecule has 2 heterocycles. The lowest BCUT2D eigenvalue weighted by atomic mass is 10.3. The smallest absolute Gasteiger partial charge is 0.352 e. The zero-order valence-electron chi connectivity index (χ0n) is 13.5. The Morgan fingerprint density at radius 3 is 2.83 bits per heavy atom. The number of thiazole rings is 1. The first-order chi connectivity index (χ1) is 11.5. The van der Waals surface area contributed by atoms with Crippen LogP contribution in [-0.4, -0.2) is 21.7 Å². The van der Waals surface area contributed by atoms with Crippen molar-refractivity contribution in [1.29, 1.82) is 5.26 Å². The molecule has 0 N–H and O–H groups in total. The van der Waals surface area contributed by atoms with E-state index in [2.05, 4.69) is 6.58 Å². The minimum Gasteiger partial charge on any atom is -0.457 e. The van der Waals surface area contributed by atoms with Gasteiger partial charge >= 0.3 is 5.97 Å². The maximum Gasteiger partial charge on any atom is 0.352 e. The summed E-state index contributed by atoms with van der Waals surface area (Å²) in [7, 11) is 1.87. The molecule has 0 bridgehead atoms. The Morgan fingerprint density at radius 2 is 2.29 bits per heavy atom. The number of rotatable bonds is 5. The summed E-state index contributed by atoms with van der Waals surface area (Å²) < 4.78 is 8.98. The van der Waals surface area contributed by atoms with Crippen LogP contribution in [0.1, 0.15) is 12.6 Å². The van der Waals surface area contributed by atoms with Crippen molar-refractivity contribution in [2.45, 2.75) is 13.5 Å². The molecule has 0 spiro atoms. The third-order valence-electron chi connectivity index (χ3n) is 3.35. The van der Waals surface area contributed by atoms with E-state index in [0.29, 0.717) is 15.7 Å². The second-order valence-electron chi connectivity index (χ2n) is 4.88. The summed E-state index contributed by atoms with van der Waals surface area (Å²) in [5.41, 5.74) is 0.450. The van der Waals surface area contributed by atoms with Crippen molar-refractivity contribution in [3.63, 3.8) is 0 Å². The van der Waals surface area contributed by atoms with E-state index >= 15 is 0 Å². The lowest BCUT2D eigenvalue weighted by molar-refractivity contribution is -0.135. The summed E-state index contributed by atoms with van der Waals surface area (Å²) in [6, 6.07) is 5.60. The Kier molecular flexibility index (Phi) is 5.55. The van der Waals surface area contributed by atoms with E-state index in [9.17, 15) is 14.9 Å². The molecule has 0 radical (unpaired) electrons. The van der Waals surface area contributed by atoms with Crippen LogP contribution in [0.15, 0.2) is 35.8 Å². The molecule has 0 atom stereocenters. The molecule has 124 valence electrons. The van der Waals surface area contributed by atoms with Gasteiger partial charge in [0.25, 0.3) is 5.56 Å². The molecule has 0 amide bonds. The van der Waals surface area contributed by atoms with E-state index in [-0.39, 0.29) is 17.7 Å². The fourth-order valence-corrected chi connectivity index (χ4v) is 3.28. The first kappa shape index (κ1) is 17.5. The van der Waals surface area contributed by atoms with Crippen LogP contribution in [0, 0.1) is 11.3 Å². The Bertz CT molecular complexity index is 986. The van der Waals surface area contributed by atoms with Gasteiger partial charge in [-0.15, -0.1) is 11.3 Å². The first-order valence-electron chi connectivity index (χ1n) is 7.28.